The number of halogens is 1. The molecule has 3 aliphatic carbocycles. The molecule has 4 rings (SSSR count). The maximum Gasteiger partial charge on any atom is 0.307 e. The molecule has 6 unspecified atom stereocenters. The summed E-state index contributed by atoms with van der Waals surface area (Å²) in [6.07, 6.45) is 7.06. The molecule has 27 heavy (non-hydrogen) atoms. The summed E-state index contributed by atoms with van der Waals surface area (Å²) >= 11 is 0. The summed E-state index contributed by atoms with van der Waals surface area (Å²) in [5, 5.41) is 9.65. The molecule has 4 nitrogen and oxygen atoms in total. The fourth-order valence-corrected chi connectivity index (χ4v) is 7.24. The Kier molecular flexibility index (Phi) is 5.19. The molecule has 1 heterocycles. The van der Waals surface area contributed by atoms with Crippen LogP contribution in [0.2, 0.25) is 0 Å². The van der Waals surface area contributed by atoms with Crippen molar-refractivity contribution >= 4 is 11.9 Å². The van der Waals surface area contributed by atoms with Crippen LogP contribution < -0.4 is 0 Å². The topological polar surface area (TPSA) is 57.6 Å². The van der Waals surface area contributed by atoms with Crippen LogP contribution in [0.25, 0.3) is 0 Å². The van der Waals surface area contributed by atoms with Gasteiger partial charge in [0.05, 0.1) is 5.92 Å². The second-order valence-electron chi connectivity index (χ2n) is 9.26. The lowest BCUT2D eigenvalue weighted by Crippen LogP contribution is -2.60. The molecule has 4 aliphatic rings. The van der Waals surface area contributed by atoms with Crippen molar-refractivity contribution < 1.29 is 19.1 Å². The predicted octanol–water partition coefficient (Wildman–Crippen LogP) is 4.65. The van der Waals surface area contributed by atoms with Crippen LogP contribution in [0.1, 0.15) is 66.2 Å². The van der Waals surface area contributed by atoms with E-state index >= 15 is 0 Å². The first-order valence-electron chi connectivity index (χ1n) is 10.6. The van der Waals surface area contributed by atoms with Gasteiger partial charge in [-0.25, -0.2) is 4.39 Å². The molecule has 1 amide bonds. The Hall–Kier alpha value is -1.39. The van der Waals surface area contributed by atoms with Gasteiger partial charge in [-0.15, -0.1) is 0 Å². The summed E-state index contributed by atoms with van der Waals surface area (Å²) in [4.78, 5) is 25.4. The van der Waals surface area contributed by atoms with Crippen LogP contribution in [0.15, 0.2) is 11.9 Å². The third-order valence-electron chi connectivity index (χ3n) is 8.46. The number of hydrogen-bond acceptors (Lipinski definition) is 2. The van der Waals surface area contributed by atoms with Crippen molar-refractivity contribution in [2.24, 2.45) is 34.5 Å². The molecule has 0 saturated heterocycles. The molecule has 0 aromatic rings. The molecule has 3 saturated carbocycles. The molecule has 0 spiro atoms. The number of amides is 1. The van der Waals surface area contributed by atoms with Crippen LogP contribution in [-0.4, -0.2) is 35.0 Å². The van der Waals surface area contributed by atoms with Crippen molar-refractivity contribution in [3.05, 3.63) is 11.9 Å². The second-order valence-corrected chi connectivity index (χ2v) is 9.26. The second kappa shape index (κ2) is 6.89. The summed E-state index contributed by atoms with van der Waals surface area (Å²) in [5.41, 5.74) is -0.465. The first kappa shape index (κ1) is 20.3. The van der Waals surface area contributed by atoms with E-state index < -0.39 is 17.7 Å². The Morgan fingerprint density at radius 2 is 1.81 bits per heavy atom. The van der Waals surface area contributed by atoms with Crippen molar-refractivity contribution in [1.29, 1.82) is 0 Å². The number of fused-ring (bicyclic) bond motifs is 5. The van der Waals surface area contributed by atoms with Gasteiger partial charge in [0.15, 0.2) is 5.83 Å². The summed E-state index contributed by atoms with van der Waals surface area (Å²) < 4.78 is 14.3. The van der Waals surface area contributed by atoms with Gasteiger partial charge >= 0.3 is 5.97 Å². The van der Waals surface area contributed by atoms with Gasteiger partial charge in [0.25, 0.3) is 5.91 Å². The van der Waals surface area contributed by atoms with Crippen LogP contribution in [-0.2, 0) is 9.59 Å². The van der Waals surface area contributed by atoms with Crippen molar-refractivity contribution in [1.82, 2.24) is 4.90 Å². The molecule has 1 aliphatic heterocycles. The molecule has 152 valence electrons. The lowest BCUT2D eigenvalue weighted by atomic mass is 9.47. The third-order valence-corrected chi connectivity index (χ3v) is 8.46. The van der Waals surface area contributed by atoms with E-state index in [2.05, 4.69) is 13.8 Å². The number of likely N-dealkylation sites (N-methyl/N-ethyl adjacent to an activating group) is 1. The summed E-state index contributed by atoms with van der Waals surface area (Å²) in [6.45, 7) is 8.28. The fourth-order valence-electron chi connectivity index (χ4n) is 7.24. The molecule has 7 atom stereocenters. The van der Waals surface area contributed by atoms with E-state index in [0.717, 1.165) is 38.5 Å². The van der Waals surface area contributed by atoms with Gasteiger partial charge in [0.2, 0.25) is 0 Å². The lowest BCUT2D eigenvalue weighted by Gasteiger charge is -2.60. The van der Waals surface area contributed by atoms with Gasteiger partial charge in [-0.2, -0.15) is 0 Å². The fraction of sp³-hybridized carbons (Fsp3) is 0.818. The Balaban J connectivity index is 0.00000102. The van der Waals surface area contributed by atoms with Gasteiger partial charge in [0.1, 0.15) is 0 Å². The monoisotopic (exact) mass is 379 g/mol. The third kappa shape index (κ3) is 2.75. The van der Waals surface area contributed by atoms with Crippen LogP contribution in [0.4, 0.5) is 4.39 Å². The normalized spacial score (nSPS) is 45.7. The Bertz CT molecular complexity index is 662. The van der Waals surface area contributed by atoms with Crippen LogP contribution >= 0.6 is 0 Å². The molecule has 5 heteroatoms. The molecule has 3 fully saturated rings. The van der Waals surface area contributed by atoms with Crippen LogP contribution in [0, 0.1) is 34.5 Å². The number of carboxylic acids is 1. The summed E-state index contributed by atoms with van der Waals surface area (Å²) in [7, 11) is 1.72. The lowest BCUT2D eigenvalue weighted by molar-refractivity contribution is -0.153. The minimum atomic E-state index is -0.655. The van der Waals surface area contributed by atoms with E-state index in [1.165, 1.54) is 0 Å². The van der Waals surface area contributed by atoms with Crippen molar-refractivity contribution in [3.8, 4) is 0 Å². The average Bonchev–Trinajstić information content (AvgIpc) is 2.99. The van der Waals surface area contributed by atoms with Crippen LogP contribution in [0.5, 0.6) is 0 Å². The number of carbonyl (C=O) groups excluding carboxylic acids is 1. The van der Waals surface area contributed by atoms with E-state index in [0.29, 0.717) is 17.8 Å². The average molecular weight is 380 g/mol. The summed E-state index contributed by atoms with van der Waals surface area (Å²) in [5.74, 6) is -0.833. The molecule has 0 radical (unpaired) electrons. The number of nitrogens with zero attached hydrogens (tertiary/aromatic N) is 1. The predicted molar refractivity (Wildman–Crippen MR) is 103 cm³/mol. The Labute approximate surface area is 162 Å². The SMILES string of the molecule is CC.CN1C(=O)C(F)=C[C@]2(C)C3CCC4(C)C(C(=O)O)CCC4C3CCC12. The van der Waals surface area contributed by atoms with Gasteiger partial charge < -0.3 is 10.0 Å². The maximum absolute atomic E-state index is 14.3. The molecule has 0 aromatic heterocycles. The standard InChI is InChI=1S/C20H28FNO3.C2H6/c1-19-9-8-13-11(12(19)5-6-14(19)18(24)25)4-7-16-20(13,2)10-15(21)17(23)22(16)3;1-2/h10-14,16H,4-9H2,1-3H3,(H,24,25);1-2H3/t11?,12?,13?,14?,16?,19?,20-;/m1./s1. The molecule has 1 N–H and O–H groups in total. The molecular weight excluding hydrogens is 345 g/mol. The Morgan fingerprint density at radius 3 is 2.44 bits per heavy atom. The largest absolute Gasteiger partial charge is 0.481 e. The van der Waals surface area contributed by atoms with Gasteiger partial charge in [-0.1, -0.05) is 27.7 Å². The van der Waals surface area contributed by atoms with Crippen molar-refractivity contribution in [3.63, 3.8) is 0 Å². The number of carbonyl (C=O) groups is 2. The minimum absolute atomic E-state index is 0.0572. The van der Waals surface area contributed by atoms with Crippen molar-refractivity contribution in [2.75, 3.05) is 7.05 Å². The zero-order valence-corrected chi connectivity index (χ0v) is 17.3. The number of hydrogen-bond donors (Lipinski definition) is 1. The minimum Gasteiger partial charge on any atom is -0.481 e. The van der Waals surface area contributed by atoms with E-state index in [1.54, 1.807) is 18.0 Å². The smallest absolute Gasteiger partial charge is 0.307 e. The number of rotatable bonds is 1. The highest BCUT2D eigenvalue weighted by Gasteiger charge is 2.62. The molecular formula is C22H34FNO3. The highest BCUT2D eigenvalue weighted by Crippen LogP contribution is 2.65. The zero-order valence-electron chi connectivity index (χ0n) is 17.3. The van der Waals surface area contributed by atoms with Crippen LogP contribution in [0.3, 0.4) is 0 Å². The van der Waals surface area contributed by atoms with E-state index in [4.69, 9.17) is 0 Å². The van der Waals surface area contributed by atoms with Gasteiger partial charge in [0, 0.05) is 18.5 Å². The van der Waals surface area contributed by atoms with E-state index in [9.17, 15) is 19.1 Å². The molecule has 0 bridgehead atoms. The molecule has 0 aromatic carbocycles. The van der Waals surface area contributed by atoms with Gasteiger partial charge in [-0.3, -0.25) is 9.59 Å². The van der Waals surface area contributed by atoms with Crippen molar-refractivity contribution in [2.45, 2.75) is 72.3 Å². The Morgan fingerprint density at radius 1 is 1.15 bits per heavy atom. The highest BCUT2D eigenvalue weighted by atomic mass is 19.1. The number of aliphatic carboxylic acids is 1. The highest BCUT2D eigenvalue weighted by molar-refractivity contribution is 5.92. The maximum atomic E-state index is 14.3. The number of carboxylic acid groups (broad SMARTS) is 1. The summed E-state index contributed by atoms with van der Waals surface area (Å²) in [6, 6.07) is 0.0572. The zero-order chi connectivity index (χ0) is 20.1. The quantitative estimate of drug-likeness (QED) is 0.721. The van der Waals surface area contributed by atoms with Gasteiger partial charge in [-0.05, 0) is 67.8 Å². The first-order valence-corrected chi connectivity index (χ1v) is 10.6. The van der Waals surface area contributed by atoms with E-state index in [1.807, 2.05) is 13.8 Å². The first-order chi connectivity index (χ1) is 12.7. The van der Waals surface area contributed by atoms with E-state index in [-0.39, 0.29) is 22.8 Å².